The number of rotatable bonds is 6. The molecule has 0 saturated heterocycles. The Morgan fingerprint density at radius 3 is 1.26 bits per heavy atom. The van der Waals surface area contributed by atoms with Crippen LogP contribution in [0.25, 0.3) is 66.1 Å². The van der Waals surface area contributed by atoms with Gasteiger partial charge in [-0.05, 0) is 119 Å². The summed E-state index contributed by atoms with van der Waals surface area (Å²) in [4.78, 5) is 2.37. The molecule has 0 bridgehead atoms. The second-order valence-electron chi connectivity index (χ2n) is 13.6. The summed E-state index contributed by atoms with van der Waals surface area (Å²) in [7, 11) is 0. The molecule has 1 fully saturated rings. The second-order valence-corrected chi connectivity index (χ2v) is 13.6. The molecule has 3 heteroatoms. The van der Waals surface area contributed by atoms with Crippen molar-refractivity contribution in [3.05, 3.63) is 163 Å². The van der Waals surface area contributed by atoms with Crippen LogP contribution in [-0.2, 0) is 0 Å². The van der Waals surface area contributed by atoms with E-state index in [9.17, 15) is 0 Å². The molecule has 0 radical (unpaired) electrons. The molecule has 10 rings (SSSR count). The third kappa shape index (κ3) is 4.97. The van der Waals surface area contributed by atoms with Crippen LogP contribution in [0.5, 0.6) is 0 Å². The lowest BCUT2D eigenvalue weighted by atomic mass is 9.97. The average Bonchev–Trinajstić information content (AvgIpc) is 3.93. The van der Waals surface area contributed by atoms with Gasteiger partial charge in [0.1, 0.15) is 22.3 Å². The standard InChI is InChI=1S/C47H35NO2/c1-2-8-31(7-1)32-13-21-37(22-14-32)48(38-23-15-33(16-24-38)35-19-27-46-42(29-35)40-9-3-5-11-44(40)49-46)39-25-17-34(18-26-39)36-20-28-47-43(30-36)41-10-4-6-12-45(41)50-47/h3-6,9-31H,1-2,7-8H2. The number of furan rings is 2. The molecule has 0 amide bonds. The van der Waals surface area contributed by atoms with E-state index in [1.165, 1.54) is 53.5 Å². The summed E-state index contributed by atoms with van der Waals surface area (Å²) in [6.07, 6.45) is 5.27. The molecule has 2 aromatic heterocycles. The molecule has 0 N–H and O–H groups in total. The van der Waals surface area contributed by atoms with Gasteiger partial charge >= 0.3 is 0 Å². The summed E-state index contributed by atoms with van der Waals surface area (Å²) in [6, 6.07) is 56.7. The van der Waals surface area contributed by atoms with Gasteiger partial charge in [0.25, 0.3) is 0 Å². The Morgan fingerprint density at radius 1 is 0.380 bits per heavy atom. The highest BCUT2D eigenvalue weighted by Crippen LogP contribution is 2.40. The zero-order chi connectivity index (χ0) is 33.0. The third-order valence-electron chi connectivity index (χ3n) is 10.6. The van der Waals surface area contributed by atoms with E-state index >= 15 is 0 Å². The first-order valence-corrected chi connectivity index (χ1v) is 17.7. The smallest absolute Gasteiger partial charge is 0.135 e. The maximum Gasteiger partial charge on any atom is 0.135 e. The van der Waals surface area contributed by atoms with Crippen LogP contribution in [0.4, 0.5) is 17.1 Å². The van der Waals surface area contributed by atoms with Gasteiger partial charge < -0.3 is 13.7 Å². The highest BCUT2D eigenvalue weighted by molar-refractivity contribution is 6.07. The Hall–Kier alpha value is -6.06. The number of fused-ring (bicyclic) bond motifs is 6. The Morgan fingerprint density at radius 2 is 0.780 bits per heavy atom. The van der Waals surface area contributed by atoms with Crippen LogP contribution in [0.1, 0.15) is 37.2 Å². The van der Waals surface area contributed by atoms with E-state index in [0.29, 0.717) is 5.92 Å². The first-order chi connectivity index (χ1) is 24.7. The molecule has 1 aliphatic carbocycles. The second kappa shape index (κ2) is 11.8. The van der Waals surface area contributed by atoms with Crippen molar-refractivity contribution in [3.63, 3.8) is 0 Å². The number of nitrogens with zero attached hydrogens (tertiary/aromatic N) is 1. The summed E-state index contributed by atoms with van der Waals surface area (Å²) in [6.45, 7) is 0. The number of para-hydroxylation sites is 2. The number of hydrogen-bond acceptors (Lipinski definition) is 3. The molecular weight excluding hydrogens is 611 g/mol. The third-order valence-corrected chi connectivity index (χ3v) is 10.6. The molecule has 7 aromatic carbocycles. The highest BCUT2D eigenvalue weighted by Gasteiger charge is 2.19. The van der Waals surface area contributed by atoms with E-state index in [1.807, 2.05) is 24.3 Å². The van der Waals surface area contributed by atoms with Crippen LogP contribution in [0.3, 0.4) is 0 Å². The maximum absolute atomic E-state index is 6.09. The Balaban J connectivity index is 1.01. The molecule has 1 saturated carbocycles. The fraction of sp³-hybridized carbons (Fsp3) is 0.106. The lowest BCUT2D eigenvalue weighted by Gasteiger charge is -2.26. The average molecular weight is 646 g/mol. The Kier molecular flexibility index (Phi) is 6.83. The predicted octanol–water partition coefficient (Wildman–Crippen LogP) is 13.9. The Labute approximate surface area is 291 Å². The fourth-order valence-corrected chi connectivity index (χ4v) is 8.02. The summed E-state index contributed by atoms with van der Waals surface area (Å²) < 4.78 is 12.2. The van der Waals surface area contributed by atoms with Crippen molar-refractivity contribution in [3.8, 4) is 22.3 Å². The van der Waals surface area contributed by atoms with E-state index in [-0.39, 0.29) is 0 Å². The lowest BCUT2D eigenvalue weighted by molar-refractivity contribution is 0.668. The van der Waals surface area contributed by atoms with Crippen LogP contribution >= 0.6 is 0 Å². The monoisotopic (exact) mass is 645 g/mol. The normalized spacial score (nSPS) is 13.6. The summed E-state index contributed by atoms with van der Waals surface area (Å²) in [5.41, 5.74) is 13.2. The zero-order valence-electron chi connectivity index (χ0n) is 27.7. The minimum Gasteiger partial charge on any atom is -0.456 e. The van der Waals surface area contributed by atoms with E-state index < -0.39 is 0 Å². The number of hydrogen-bond donors (Lipinski definition) is 0. The molecule has 2 heterocycles. The van der Waals surface area contributed by atoms with E-state index in [0.717, 1.165) is 60.9 Å². The highest BCUT2D eigenvalue weighted by atomic mass is 16.3. The molecule has 0 atom stereocenters. The van der Waals surface area contributed by atoms with E-state index in [4.69, 9.17) is 8.83 Å². The van der Waals surface area contributed by atoms with Crippen LogP contribution in [0.15, 0.2) is 167 Å². The van der Waals surface area contributed by atoms with Gasteiger partial charge in [-0.2, -0.15) is 0 Å². The zero-order valence-corrected chi connectivity index (χ0v) is 27.7. The van der Waals surface area contributed by atoms with Crippen LogP contribution in [-0.4, -0.2) is 0 Å². The molecule has 50 heavy (non-hydrogen) atoms. The lowest BCUT2D eigenvalue weighted by Crippen LogP contribution is -2.10. The molecular formula is C47H35NO2. The fourth-order valence-electron chi connectivity index (χ4n) is 8.02. The van der Waals surface area contributed by atoms with Gasteiger partial charge in [-0.25, -0.2) is 0 Å². The Bertz CT molecular complexity index is 2480. The van der Waals surface area contributed by atoms with Crippen LogP contribution in [0, 0.1) is 0 Å². The van der Waals surface area contributed by atoms with Gasteiger partial charge in [0.15, 0.2) is 0 Å². The minimum absolute atomic E-state index is 0.686. The SMILES string of the molecule is c1ccc2c(c1)oc1ccc(-c3ccc(N(c4ccc(-c5ccc6oc7ccccc7c6c5)cc4)c4ccc(C5CCCC5)cc4)cc3)cc12. The first kappa shape index (κ1) is 28.9. The van der Waals surface area contributed by atoms with Crippen molar-refractivity contribution in [2.45, 2.75) is 31.6 Å². The van der Waals surface area contributed by atoms with Crippen molar-refractivity contribution in [1.29, 1.82) is 0 Å². The van der Waals surface area contributed by atoms with Crippen LogP contribution in [0.2, 0.25) is 0 Å². The minimum atomic E-state index is 0.686. The largest absolute Gasteiger partial charge is 0.456 e. The van der Waals surface area contributed by atoms with Crippen molar-refractivity contribution < 1.29 is 8.83 Å². The van der Waals surface area contributed by atoms with Gasteiger partial charge in [0.2, 0.25) is 0 Å². The summed E-state index contributed by atoms with van der Waals surface area (Å²) in [5, 5.41) is 4.59. The van der Waals surface area contributed by atoms with Crippen LogP contribution < -0.4 is 4.90 Å². The molecule has 0 unspecified atom stereocenters. The maximum atomic E-state index is 6.09. The van der Waals surface area contributed by atoms with Gasteiger partial charge in [-0.1, -0.05) is 97.8 Å². The summed E-state index contributed by atoms with van der Waals surface area (Å²) >= 11 is 0. The topological polar surface area (TPSA) is 29.5 Å². The molecule has 9 aromatic rings. The number of anilines is 3. The van der Waals surface area contributed by atoms with Crippen molar-refractivity contribution >= 4 is 60.9 Å². The molecule has 0 aliphatic heterocycles. The number of benzene rings is 7. The van der Waals surface area contributed by atoms with Gasteiger partial charge in [0.05, 0.1) is 0 Å². The van der Waals surface area contributed by atoms with Gasteiger partial charge in [-0.15, -0.1) is 0 Å². The van der Waals surface area contributed by atoms with Gasteiger partial charge in [-0.3, -0.25) is 0 Å². The molecule has 0 spiro atoms. The summed E-state index contributed by atoms with van der Waals surface area (Å²) in [5.74, 6) is 0.686. The van der Waals surface area contributed by atoms with Crippen molar-refractivity contribution in [2.24, 2.45) is 0 Å². The first-order valence-electron chi connectivity index (χ1n) is 17.7. The predicted molar refractivity (Wildman–Crippen MR) is 208 cm³/mol. The van der Waals surface area contributed by atoms with E-state index in [1.54, 1.807) is 0 Å². The molecule has 240 valence electrons. The van der Waals surface area contributed by atoms with Crippen molar-refractivity contribution in [1.82, 2.24) is 0 Å². The molecule has 3 nitrogen and oxygen atoms in total. The van der Waals surface area contributed by atoms with Gasteiger partial charge in [0, 0.05) is 38.6 Å². The van der Waals surface area contributed by atoms with E-state index in [2.05, 4.69) is 138 Å². The molecule has 1 aliphatic rings. The van der Waals surface area contributed by atoms with Crippen molar-refractivity contribution in [2.75, 3.05) is 4.90 Å². The quantitative estimate of drug-likeness (QED) is 0.180.